The van der Waals surface area contributed by atoms with Gasteiger partial charge in [0.2, 0.25) is 11.7 Å². The molecule has 2 aromatic heterocycles. The van der Waals surface area contributed by atoms with E-state index in [-0.39, 0.29) is 6.04 Å². The van der Waals surface area contributed by atoms with E-state index >= 15 is 0 Å². The van der Waals surface area contributed by atoms with E-state index < -0.39 is 0 Å². The second kappa shape index (κ2) is 7.76. The third-order valence-corrected chi connectivity index (χ3v) is 5.59. The zero-order valence-corrected chi connectivity index (χ0v) is 17.1. The summed E-state index contributed by atoms with van der Waals surface area (Å²) in [6.07, 6.45) is 2.51. The number of hydrogen-bond acceptors (Lipinski definition) is 6. The summed E-state index contributed by atoms with van der Waals surface area (Å²) in [6.45, 7) is 1.55. The number of nitrogens with one attached hydrogen (secondary N) is 1. The summed E-state index contributed by atoms with van der Waals surface area (Å²) in [6, 6.07) is 18.6. The Morgan fingerprint density at radius 3 is 2.67 bits per heavy atom. The summed E-state index contributed by atoms with van der Waals surface area (Å²) in [4.78, 5) is 17.0. The fourth-order valence-electron chi connectivity index (χ4n) is 3.91. The van der Waals surface area contributed by atoms with E-state index in [1.807, 2.05) is 30.3 Å². The summed E-state index contributed by atoms with van der Waals surface area (Å²) in [5.74, 6) is 1.25. The van der Waals surface area contributed by atoms with E-state index in [1.165, 1.54) is 11.3 Å². The highest BCUT2D eigenvalue weighted by Gasteiger charge is 2.33. The van der Waals surface area contributed by atoms with Gasteiger partial charge in [-0.05, 0) is 17.7 Å². The minimum atomic E-state index is -0.0145. The first-order chi connectivity index (χ1) is 14.7. The van der Waals surface area contributed by atoms with E-state index in [2.05, 4.69) is 63.3 Å². The number of hydrogen-bond donors (Lipinski definition) is 1. The highest BCUT2D eigenvalue weighted by molar-refractivity contribution is 5.53. The van der Waals surface area contributed by atoms with Gasteiger partial charge in [-0.3, -0.25) is 4.90 Å². The Morgan fingerprint density at radius 2 is 1.90 bits per heavy atom. The topological polar surface area (TPSA) is 74.1 Å². The number of aromatic amines is 1. The molecule has 0 bridgehead atoms. The van der Waals surface area contributed by atoms with E-state index in [1.54, 1.807) is 6.33 Å². The highest BCUT2D eigenvalue weighted by atomic mass is 16.5. The maximum absolute atomic E-state index is 5.72. The Hall–Kier alpha value is -3.45. The SMILES string of the molecule is CN(C)c1ccc(CN2Cc3[nH]cnc3C[C@H]2c2nc(-c3ccccc3)no2)cc1. The third-order valence-electron chi connectivity index (χ3n) is 5.59. The Kier molecular flexibility index (Phi) is 4.80. The van der Waals surface area contributed by atoms with Crippen LogP contribution in [0.3, 0.4) is 0 Å². The number of benzene rings is 2. The standard InChI is InChI=1S/C23H24N6O/c1-28(2)18-10-8-16(9-11-18)13-29-14-20-19(24-15-25-20)12-21(29)23-26-22(27-30-23)17-6-4-3-5-7-17/h3-11,15,21H,12-14H2,1-2H3,(H,24,25)/t21-/m0/s1. The fraction of sp³-hybridized carbons (Fsp3) is 0.261. The van der Waals surface area contributed by atoms with Crippen LogP contribution in [0.4, 0.5) is 5.69 Å². The molecule has 0 radical (unpaired) electrons. The van der Waals surface area contributed by atoms with Crippen LogP contribution in [-0.2, 0) is 19.5 Å². The first kappa shape index (κ1) is 18.6. The summed E-state index contributed by atoms with van der Waals surface area (Å²) in [5, 5.41) is 4.23. The molecule has 2 aromatic carbocycles. The molecule has 0 amide bonds. The first-order valence-electron chi connectivity index (χ1n) is 10.1. The zero-order valence-electron chi connectivity index (χ0n) is 17.1. The van der Waals surface area contributed by atoms with Gasteiger partial charge >= 0.3 is 0 Å². The summed E-state index contributed by atoms with van der Waals surface area (Å²) < 4.78 is 5.72. The largest absolute Gasteiger partial charge is 0.378 e. The van der Waals surface area contributed by atoms with Crippen LogP contribution in [0.2, 0.25) is 0 Å². The second-order valence-electron chi connectivity index (χ2n) is 7.84. The summed E-state index contributed by atoms with van der Waals surface area (Å²) >= 11 is 0. The molecule has 0 saturated heterocycles. The molecule has 3 heterocycles. The Bertz CT molecular complexity index is 1120. The van der Waals surface area contributed by atoms with Crippen molar-refractivity contribution in [3.63, 3.8) is 0 Å². The molecule has 1 aliphatic rings. The van der Waals surface area contributed by atoms with Crippen molar-refractivity contribution in [2.75, 3.05) is 19.0 Å². The number of rotatable bonds is 5. The van der Waals surface area contributed by atoms with Crippen LogP contribution in [0.1, 0.15) is 28.9 Å². The van der Waals surface area contributed by atoms with Crippen LogP contribution in [0.5, 0.6) is 0 Å². The minimum Gasteiger partial charge on any atom is -0.378 e. The second-order valence-corrected chi connectivity index (χ2v) is 7.84. The molecule has 0 saturated carbocycles. The Labute approximate surface area is 175 Å². The normalized spacial score (nSPS) is 16.4. The van der Waals surface area contributed by atoms with Crippen molar-refractivity contribution in [2.24, 2.45) is 0 Å². The zero-order chi connectivity index (χ0) is 20.5. The lowest BCUT2D eigenvalue weighted by Crippen LogP contribution is -2.34. The summed E-state index contributed by atoms with van der Waals surface area (Å²) in [5.41, 5.74) is 5.61. The highest BCUT2D eigenvalue weighted by Crippen LogP contribution is 2.33. The maximum Gasteiger partial charge on any atom is 0.244 e. The van der Waals surface area contributed by atoms with Gasteiger partial charge in [-0.15, -0.1) is 0 Å². The van der Waals surface area contributed by atoms with E-state index in [9.17, 15) is 0 Å². The quantitative estimate of drug-likeness (QED) is 0.549. The van der Waals surface area contributed by atoms with Gasteiger partial charge in [0, 0.05) is 44.9 Å². The van der Waals surface area contributed by atoms with Gasteiger partial charge in [0.1, 0.15) is 0 Å². The minimum absolute atomic E-state index is 0.0145. The number of H-pyrrole nitrogens is 1. The number of nitrogens with zero attached hydrogens (tertiary/aromatic N) is 5. The van der Waals surface area contributed by atoms with Crippen molar-refractivity contribution in [3.8, 4) is 11.4 Å². The molecule has 0 spiro atoms. The molecule has 1 aliphatic heterocycles. The van der Waals surface area contributed by atoms with E-state index in [0.29, 0.717) is 11.7 Å². The van der Waals surface area contributed by atoms with E-state index in [0.717, 1.165) is 36.5 Å². The number of imidazole rings is 1. The molecule has 7 nitrogen and oxygen atoms in total. The van der Waals surface area contributed by atoms with Crippen molar-refractivity contribution in [1.82, 2.24) is 25.0 Å². The van der Waals surface area contributed by atoms with Gasteiger partial charge in [0.15, 0.2) is 0 Å². The average molecular weight is 400 g/mol. The summed E-state index contributed by atoms with van der Waals surface area (Å²) in [7, 11) is 4.10. The molecule has 1 atom stereocenters. The first-order valence-corrected chi connectivity index (χ1v) is 10.1. The lowest BCUT2D eigenvalue weighted by atomic mass is 10.0. The van der Waals surface area contributed by atoms with Crippen molar-refractivity contribution in [1.29, 1.82) is 0 Å². The molecular weight excluding hydrogens is 376 g/mol. The predicted molar refractivity (Wildman–Crippen MR) is 115 cm³/mol. The molecule has 152 valence electrons. The maximum atomic E-state index is 5.72. The van der Waals surface area contributed by atoms with Gasteiger partial charge < -0.3 is 14.4 Å². The number of fused-ring (bicyclic) bond motifs is 1. The third kappa shape index (κ3) is 3.59. The van der Waals surface area contributed by atoms with Crippen LogP contribution in [-0.4, -0.2) is 39.1 Å². The van der Waals surface area contributed by atoms with Gasteiger partial charge in [0.05, 0.1) is 23.8 Å². The molecule has 7 heteroatoms. The van der Waals surface area contributed by atoms with E-state index in [4.69, 9.17) is 9.51 Å². The molecule has 4 aromatic rings. The predicted octanol–water partition coefficient (Wildman–Crippen LogP) is 3.83. The molecule has 1 N–H and O–H groups in total. The Balaban J connectivity index is 1.43. The Morgan fingerprint density at radius 1 is 1.10 bits per heavy atom. The number of anilines is 1. The van der Waals surface area contributed by atoms with Gasteiger partial charge in [0.25, 0.3) is 0 Å². The van der Waals surface area contributed by atoms with Crippen LogP contribution in [0.25, 0.3) is 11.4 Å². The van der Waals surface area contributed by atoms with Crippen LogP contribution >= 0.6 is 0 Å². The van der Waals surface area contributed by atoms with Crippen molar-refractivity contribution >= 4 is 5.69 Å². The molecule has 30 heavy (non-hydrogen) atoms. The fourth-order valence-corrected chi connectivity index (χ4v) is 3.91. The lowest BCUT2D eigenvalue weighted by molar-refractivity contribution is 0.128. The number of aromatic nitrogens is 4. The molecule has 5 rings (SSSR count). The van der Waals surface area contributed by atoms with Gasteiger partial charge in [-0.2, -0.15) is 4.98 Å². The monoisotopic (exact) mass is 400 g/mol. The van der Waals surface area contributed by atoms with Crippen molar-refractivity contribution in [2.45, 2.75) is 25.6 Å². The average Bonchev–Trinajstić information content (AvgIpc) is 3.43. The molecule has 0 fully saturated rings. The van der Waals surface area contributed by atoms with Crippen molar-refractivity contribution in [3.05, 3.63) is 83.8 Å². The van der Waals surface area contributed by atoms with Crippen molar-refractivity contribution < 1.29 is 4.52 Å². The van der Waals surface area contributed by atoms with Crippen LogP contribution < -0.4 is 4.90 Å². The lowest BCUT2D eigenvalue weighted by Gasteiger charge is -2.32. The smallest absolute Gasteiger partial charge is 0.244 e. The van der Waals surface area contributed by atoms with Crippen LogP contribution in [0, 0.1) is 0 Å². The molecule has 0 unspecified atom stereocenters. The van der Waals surface area contributed by atoms with Gasteiger partial charge in [-0.25, -0.2) is 4.98 Å². The van der Waals surface area contributed by atoms with Crippen LogP contribution in [0.15, 0.2) is 65.4 Å². The van der Waals surface area contributed by atoms with Gasteiger partial charge in [-0.1, -0.05) is 47.6 Å². The molecular formula is C23H24N6O. The molecule has 0 aliphatic carbocycles.